The zero-order valence-corrected chi connectivity index (χ0v) is 20.4. The number of hydrazone groups is 1. The van der Waals surface area contributed by atoms with E-state index in [2.05, 4.69) is 10.5 Å². The minimum atomic E-state index is -3.74. The number of rotatable bonds is 9. The molecule has 0 atom stereocenters. The van der Waals surface area contributed by atoms with Gasteiger partial charge in [-0.15, -0.1) is 0 Å². The van der Waals surface area contributed by atoms with Crippen molar-refractivity contribution in [1.82, 2.24) is 10.3 Å². The Labute approximate surface area is 204 Å². The number of hydrogen-bond donors (Lipinski definition) is 1. The summed E-state index contributed by atoms with van der Waals surface area (Å²) in [4.78, 5) is 26.3. The number of benzene rings is 2. The molecular formula is C23H27ClN4O5S. The van der Waals surface area contributed by atoms with Crippen LogP contribution in [0.25, 0.3) is 0 Å². The third-order valence-electron chi connectivity index (χ3n) is 5.16. The van der Waals surface area contributed by atoms with Gasteiger partial charge < -0.3 is 9.64 Å². The summed E-state index contributed by atoms with van der Waals surface area (Å²) in [7, 11) is -3.74. The van der Waals surface area contributed by atoms with E-state index in [-0.39, 0.29) is 23.2 Å². The molecule has 2 aromatic rings. The van der Waals surface area contributed by atoms with Gasteiger partial charge in [0.05, 0.1) is 23.2 Å². The first-order valence-corrected chi connectivity index (χ1v) is 13.0. The largest absolute Gasteiger partial charge is 0.484 e. The predicted molar refractivity (Wildman–Crippen MR) is 132 cm³/mol. The Morgan fingerprint density at radius 3 is 2.44 bits per heavy atom. The molecular weight excluding hydrogens is 480 g/mol. The van der Waals surface area contributed by atoms with E-state index in [1.54, 1.807) is 42.5 Å². The Hall–Kier alpha value is -3.11. The average Bonchev–Trinajstić information content (AvgIpc) is 2.82. The van der Waals surface area contributed by atoms with Crippen molar-refractivity contribution in [2.45, 2.75) is 19.3 Å². The number of ether oxygens (including phenoxy) is 1. The Bertz CT molecular complexity index is 1130. The van der Waals surface area contributed by atoms with Crippen molar-refractivity contribution >= 4 is 45.3 Å². The number of carbonyl (C=O) groups is 2. The highest BCUT2D eigenvalue weighted by Gasteiger charge is 2.22. The second-order valence-corrected chi connectivity index (χ2v) is 10.1. The molecule has 1 aliphatic heterocycles. The van der Waals surface area contributed by atoms with E-state index in [0.29, 0.717) is 11.3 Å². The maximum atomic E-state index is 12.3. The fourth-order valence-electron chi connectivity index (χ4n) is 3.41. The van der Waals surface area contributed by atoms with Crippen LogP contribution in [-0.2, 0) is 19.6 Å². The SMILES string of the molecule is CS(=O)(=O)N(CC(=O)N/N=C\c1ccc(OCC(=O)N2CCCCC2)cc1)c1ccccc1Cl. The lowest BCUT2D eigenvalue weighted by atomic mass is 10.1. The van der Waals surface area contributed by atoms with Gasteiger partial charge in [-0.1, -0.05) is 23.7 Å². The number of hydrogen-bond acceptors (Lipinski definition) is 6. The number of carbonyl (C=O) groups excluding carboxylic acids is 2. The first kappa shape index (κ1) is 25.5. The van der Waals surface area contributed by atoms with E-state index in [4.69, 9.17) is 16.3 Å². The van der Waals surface area contributed by atoms with Gasteiger partial charge in [-0.3, -0.25) is 13.9 Å². The van der Waals surface area contributed by atoms with Gasteiger partial charge in [-0.2, -0.15) is 5.10 Å². The summed E-state index contributed by atoms with van der Waals surface area (Å²) in [6.07, 6.45) is 5.63. The van der Waals surface area contributed by atoms with Crippen LogP contribution in [0.2, 0.25) is 5.02 Å². The first-order chi connectivity index (χ1) is 16.2. The molecule has 2 aromatic carbocycles. The highest BCUT2D eigenvalue weighted by molar-refractivity contribution is 7.92. The summed E-state index contributed by atoms with van der Waals surface area (Å²) in [6.45, 7) is 1.08. The van der Waals surface area contributed by atoms with Gasteiger partial charge in [0.25, 0.3) is 11.8 Å². The van der Waals surface area contributed by atoms with Crippen LogP contribution in [0, 0.1) is 0 Å². The fraction of sp³-hybridized carbons (Fsp3) is 0.348. The van der Waals surface area contributed by atoms with Crippen LogP contribution < -0.4 is 14.5 Å². The molecule has 0 saturated carbocycles. The number of nitrogens with one attached hydrogen (secondary N) is 1. The molecule has 1 fully saturated rings. The van der Waals surface area contributed by atoms with Crippen molar-refractivity contribution < 1.29 is 22.7 Å². The number of sulfonamides is 1. The highest BCUT2D eigenvalue weighted by atomic mass is 35.5. The van der Waals surface area contributed by atoms with Gasteiger partial charge in [-0.25, -0.2) is 13.8 Å². The summed E-state index contributed by atoms with van der Waals surface area (Å²) in [5.74, 6) is -0.0965. The minimum Gasteiger partial charge on any atom is -0.484 e. The molecule has 2 amide bonds. The van der Waals surface area contributed by atoms with Crippen molar-refractivity contribution in [3.63, 3.8) is 0 Å². The predicted octanol–water partition coefficient (Wildman–Crippen LogP) is 2.65. The van der Waals surface area contributed by atoms with Crippen molar-refractivity contribution in [3.05, 3.63) is 59.1 Å². The van der Waals surface area contributed by atoms with Gasteiger partial charge in [-0.05, 0) is 61.2 Å². The molecule has 182 valence electrons. The van der Waals surface area contributed by atoms with E-state index in [9.17, 15) is 18.0 Å². The van der Waals surface area contributed by atoms with Crippen LogP contribution in [0.3, 0.4) is 0 Å². The number of anilines is 1. The Morgan fingerprint density at radius 1 is 1.12 bits per heavy atom. The molecule has 0 aromatic heterocycles. The number of para-hydroxylation sites is 1. The molecule has 0 aliphatic carbocycles. The van der Waals surface area contributed by atoms with Crippen LogP contribution in [0.15, 0.2) is 53.6 Å². The molecule has 0 unspecified atom stereocenters. The van der Waals surface area contributed by atoms with E-state index in [1.807, 2.05) is 4.90 Å². The molecule has 34 heavy (non-hydrogen) atoms. The third-order valence-corrected chi connectivity index (χ3v) is 6.61. The van der Waals surface area contributed by atoms with E-state index in [1.165, 1.54) is 12.3 Å². The van der Waals surface area contributed by atoms with Crippen molar-refractivity contribution in [1.29, 1.82) is 0 Å². The maximum Gasteiger partial charge on any atom is 0.260 e. The van der Waals surface area contributed by atoms with Crippen LogP contribution in [0.1, 0.15) is 24.8 Å². The summed E-state index contributed by atoms with van der Waals surface area (Å²) in [5.41, 5.74) is 3.20. The van der Waals surface area contributed by atoms with Crippen molar-refractivity contribution in [2.24, 2.45) is 5.10 Å². The smallest absolute Gasteiger partial charge is 0.260 e. The number of likely N-dealkylation sites (tertiary alicyclic amines) is 1. The fourth-order valence-corrected chi connectivity index (χ4v) is 4.57. The molecule has 0 spiro atoms. The summed E-state index contributed by atoms with van der Waals surface area (Å²) in [6, 6.07) is 13.2. The molecule has 1 N–H and O–H groups in total. The lowest BCUT2D eigenvalue weighted by Gasteiger charge is -2.26. The Morgan fingerprint density at radius 2 is 1.79 bits per heavy atom. The third kappa shape index (κ3) is 7.46. The Balaban J connectivity index is 1.51. The monoisotopic (exact) mass is 506 g/mol. The van der Waals surface area contributed by atoms with Crippen LogP contribution in [0.4, 0.5) is 5.69 Å². The second-order valence-electron chi connectivity index (χ2n) is 7.81. The molecule has 3 rings (SSSR count). The number of amides is 2. The number of piperidine rings is 1. The topological polar surface area (TPSA) is 108 Å². The van der Waals surface area contributed by atoms with E-state index in [0.717, 1.165) is 42.9 Å². The average molecular weight is 507 g/mol. The molecule has 9 nitrogen and oxygen atoms in total. The van der Waals surface area contributed by atoms with Gasteiger partial charge in [0.2, 0.25) is 10.0 Å². The normalized spacial score (nSPS) is 14.1. The molecule has 0 bridgehead atoms. The number of nitrogens with zero attached hydrogens (tertiary/aromatic N) is 3. The standard InChI is InChI=1S/C23H27ClN4O5S/c1-34(31,32)28(21-8-4-3-7-20(21)24)16-22(29)26-25-15-18-9-11-19(12-10-18)33-17-23(30)27-13-5-2-6-14-27/h3-4,7-12,15H,2,5-6,13-14,16-17H2,1H3,(H,26,29)/b25-15-. The highest BCUT2D eigenvalue weighted by Crippen LogP contribution is 2.26. The maximum absolute atomic E-state index is 12.3. The quantitative estimate of drug-likeness (QED) is 0.415. The number of halogens is 1. The molecule has 0 radical (unpaired) electrons. The zero-order chi connectivity index (χ0) is 24.6. The van der Waals surface area contributed by atoms with Gasteiger partial charge in [0.15, 0.2) is 6.61 Å². The van der Waals surface area contributed by atoms with Gasteiger partial charge in [0, 0.05) is 13.1 Å². The van der Waals surface area contributed by atoms with E-state index < -0.39 is 22.5 Å². The summed E-state index contributed by atoms with van der Waals surface area (Å²) in [5, 5.41) is 4.09. The second kappa shape index (κ2) is 11.8. The van der Waals surface area contributed by atoms with Gasteiger partial charge in [0.1, 0.15) is 12.3 Å². The van der Waals surface area contributed by atoms with Crippen molar-refractivity contribution in [3.8, 4) is 5.75 Å². The molecule has 1 heterocycles. The molecule has 11 heteroatoms. The van der Waals surface area contributed by atoms with Crippen LogP contribution >= 0.6 is 11.6 Å². The molecule has 1 saturated heterocycles. The minimum absolute atomic E-state index is 0.00817. The summed E-state index contributed by atoms with van der Waals surface area (Å²) < 4.78 is 30.8. The van der Waals surface area contributed by atoms with Crippen LogP contribution in [0.5, 0.6) is 5.75 Å². The first-order valence-electron chi connectivity index (χ1n) is 10.8. The lowest BCUT2D eigenvalue weighted by molar-refractivity contribution is -0.134. The van der Waals surface area contributed by atoms with Crippen LogP contribution in [-0.4, -0.2) is 63.8 Å². The Kier molecular flexibility index (Phi) is 8.89. The lowest BCUT2D eigenvalue weighted by Crippen LogP contribution is -2.39. The van der Waals surface area contributed by atoms with Gasteiger partial charge >= 0.3 is 0 Å². The molecule has 1 aliphatic rings. The summed E-state index contributed by atoms with van der Waals surface area (Å²) >= 11 is 6.09. The zero-order valence-electron chi connectivity index (χ0n) is 18.8. The van der Waals surface area contributed by atoms with E-state index >= 15 is 0 Å². The van der Waals surface area contributed by atoms with Crippen molar-refractivity contribution in [2.75, 3.05) is 36.8 Å².